The summed E-state index contributed by atoms with van der Waals surface area (Å²) in [6, 6.07) is 9.42. The number of allylic oxidation sites excluding steroid dienone is 2. The van der Waals surface area contributed by atoms with E-state index >= 15 is 0 Å². The lowest BCUT2D eigenvalue weighted by Crippen LogP contribution is -2.17. The molecular formula is C27H41F. The van der Waals surface area contributed by atoms with E-state index in [2.05, 4.69) is 43.3 Å². The van der Waals surface area contributed by atoms with Crippen molar-refractivity contribution in [1.82, 2.24) is 0 Å². The standard InChI is InChI=1S/C27H41F/c1-2-22-13-17-26(18-14-22)27-19-15-25(16-20-27)12-11-24-9-7-23(8-10-24)6-4-3-5-21-28/h4,6,13-14,17-18,23-25,27H,2-3,5,7-12,15-16,19-21H2,1H3/b6-4+/t23-,24-,25?,27?. The van der Waals surface area contributed by atoms with Crippen LogP contribution in [0.2, 0.25) is 0 Å². The van der Waals surface area contributed by atoms with E-state index in [0.29, 0.717) is 6.42 Å². The van der Waals surface area contributed by atoms with E-state index in [1.807, 2.05) is 0 Å². The fourth-order valence-electron chi connectivity index (χ4n) is 5.43. The van der Waals surface area contributed by atoms with Gasteiger partial charge in [-0.05, 0) is 105 Å². The van der Waals surface area contributed by atoms with Gasteiger partial charge in [-0.25, -0.2) is 0 Å². The molecule has 28 heavy (non-hydrogen) atoms. The van der Waals surface area contributed by atoms with Crippen LogP contribution in [0.5, 0.6) is 0 Å². The van der Waals surface area contributed by atoms with Crippen LogP contribution in [0.25, 0.3) is 0 Å². The molecule has 0 spiro atoms. The van der Waals surface area contributed by atoms with Gasteiger partial charge in [-0.1, -0.05) is 56.2 Å². The Morgan fingerprint density at radius 3 is 2.04 bits per heavy atom. The maximum atomic E-state index is 12.2. The van der Waals surface area contributed by atoms with E-state index in [1.165, 1.54) is 69.8 Å². The Bertz CT molecular complexity index is 556. The second-order valence-corrected chi connectivity index (χ2v) is 9.43. The molecule has 1 aromatic carbocycles. The van der Waals surface area contributed by atoms with Crippen molar-refractivity contribution in [3.63, 3.8) is 0 Å². The first-order valence-corrected chi connectivity index (χ1v) is 12.1. The average Bonchev–Trinajstić information content (AvgIpc) is 2.76. The highest BCUT2D eigenvalue weighted by molar-refractivity contribution is 5.25. The zero-order valence-corrected chi connectivity index (χ0v) is 18.1. The van der Waals surface area contributed by atoms with Crippen molar-refractivity contribution in [2.75, 3.05) is 6.67 Å². The summed E-state index contributed by atoms with van der Waals surface area (Å²) in [5, 5.41) is 0. The van der Waals surface area contributed by atoms with Crippen molar-refractivity contribution in [2.24, 2.45) is 17.8 Å². The van der Waals surface area contributed by atoms with Crippen LogP contribution >= 0.6 is 0 Å². The summed E-state index contributed by atoms with van der Waals surface area (Å²) in [5.74, 6) is 3.52. The number of unbranched alkanes of at least 4 members (excludes halogenated alkanes) is 1. The maximum absolute atomic E-state index is 12.2. The lowest BCUT2D eigenvalue weighted by Gasteiger charge is -2.31. The lowest BCUT2D eigenvalue weighted by molar-refractivity contribution is 0.246. The summed E-state index contributed by atoms with van der Waals surface area (Å²) in [5.41, 5.74) is 3.04. The lowest BCUT2D eigenvalue weighted by atomic mass is 9.74. The van der Waals surface area contributed by atoms with Gasteiger partial charge in [0, 0.05) is 0 Å². The first-order valence-electron chi connectivity index (χ1n) is 12.1. The molecular weight excluding hydrogens is 343 g/mol. The van der Waals surface area contributed by atoms with Crippen LogP contribution in [0.3, 0.4) is 0 Å². The molecule has 0 atom stereocenters. The van der Waals surface area contributed by atoms with Crippen LogP contribution in [-0.4, -0.2) is 6.67 Å². The monoisotopic (exact) mass is 384 g/mol. The quantitative estimate of drug-likeness (QED) is 0.296. The fourth-order valence-corrected chi connectivity index (χ4v) is 5.43. The van der Waals surface area contributed by atoms with E-state index in [1.54, 1.807) is 5.56 Å². The summed E-state index contributed by atoms with van der Waals surface area (Å²) in [6.07, 6.45) is 21.5. The minimum absolute atomic E-state index is 0.176. The van der Waals surface area contributed by atoms with Crippen molar-refractivity contribution in [3.05, 3.63) is 47.5 Å². The van der Waals surface area contributed by atoms with Crippen molar-refractivity contribution in [1.29, 1.82) is 0 Å². The van der Waals surface area contributed by atoms with E-state index in [4.69, 9.17) is 0 Å². The van der Waals surface area contributed by atoms with E-state index in [0.717, 1.165) is 36.5 Å². The predicted molar refractivity (Wildman–Crippen MR) is 120 cm³/mol. The molecule has 2 saturated carbocycles. The van der Waals surface area contributed by atoms with Crippen molar-refractivity contribution < 1.29 is 4.39 Å². The number of alkyl halides is 1. The van der Waals surface area contributed by atoms with Crippen LogP contribution in [0, 0.1) is 17.8 Å². The Balaban J connectivity index is 1.31. The molecule has 0 bridgehead atoms. The number of halogens is 1. The van der Waals surface area contributed by atoms with Gasteiger partial charge in [0.15, 0.2) is 0 Å². The average molecular weight is 385 g/mol. The van der Waals surface area contributed by atoms with Crippen LogP contribution in [-0.2, 0) is 6.42 Å². The molecule has 3 rings (SSSR count). The van der Waals surface area contributed by atoms with Crippen molar-refractivity contribution >= 4 is 0 Å². The van der Waals surface area contributed by atoms with Crippen LogP contribution < -0.4 is 0 Å². The van der Waals surface area contributed by atoms with E-state index in [-0.39, 0.29) is 6.67 Å². The molecule has 0 nitrogen and oxygen atoms in total. The molecule has 0 heterocycles. The van der Waals surface area contributed by atoms with Gasteiger partial charge >= 0.3 is 0 Å². The molecule has 0 radical (unpaired) electrons. The maximum Gasteiger partial charge on any atom is 0.0897 e. The molecule has 0 aliphatic heterocycles. The molecule has 0 saturated heterocycles. The first kappa shape index (κ1) is 21.6. The Morgan fingerprint density at radius 1 is 0.857 bits per heavy atom. The third kappa shape index (κ3) is 6.75. The Labute approximate surface area is 173 Å². The predicted octanol–water partition coefficient (Wildman–Crippen LogP) is 8.42. The number of hydrogen-bond acceptors (Lipinski definition) is 0. The van der Waals surface area contributed by atoms with Gasteiger partial charge in [0.2, 0.25) is 0 Å². The van der Waals surface area contributed by atoms with E-state index < -0.39 is 0 Å². The Hall–Kier alpha value is -1.11. The number of hydrogen-bond donors (Lipinski definition) is 0. The topological polar surface area (TPSA) is 0 Å². The summed E-state index contributed by atoms with van der Waals surface area (Å²) in [4.78, 5) is 0. The third-order valence-electron chi connectivity index (χ3n) is 7.49. The molecule has 1 aromatic rings. The molecule has 2 aliphatic rings. The highest BCUT2D eigenvalue weighted by atomic mass is 19.1. The smallest absolute Gasteiger partial charge is 0.0897 e. The normalized spacial score (nSPS) is 28.6. The Morgan fingerprint density at radius 2 is 1.46 bits per heavy atom. The molecule has 0 aromatic heterocycles. The number of rotatable bonds is 9. The molecule has 156 valence electrons. The highest BCUT2D eigenvalue weighted by Gasteiger charge is 2.24. The minimum atomic E-state index is -0.176. The minimum Gasteiger partial charge on any atom is -0.251 e. The van der Waals surface area contributed by atoms with Gasteiger partial charge in [0.25, 0.3) is 0 Å². The zero-order chi connectivity index (χ0) is 19.6. The van der Waals surface area contributed by atoms with Gasteiger partial charge in [-0.15, -0.1) is 0 Å². The van der Waals surface area contributed by atoms with E-state index in [9.17, 15) is 4.39 Å². The number of aryl methyl sites for hydroxylation is 1. The number of benzene rings is 1. The summed E-state index contributed by atoms with van der Waals surface area (Å²) >= 11 is 0. The zero-order valence-electron chi connectivity index (χ0n) is 18.1. The molecule has 2 fully saturated rings. The highest BCUT2D eigenvalue weighted by Crippen LogP contribution is 2.40. The van der Waals surface area contributed by atoms with Gasteiger partial charge < -0.3 is 0 Å². The van der Waals surface area contributed by atoms with Crippen LogP contribution in [0.1, 0.15) is 101 Å². The molecule has 2 aliphatic carbocycles. The SMILES string of the molecule is CCc1ccc(C2CCC(CC[C@H]3CC[C@H](/C=C/CCCF)CC3)CC2)cc1. The largest absolute Gasteiger partial charge is 0.251 e. The summed E-state index contributed by atoms with van der Waals surface area (Å²) < 4.78 is 12.2. The molecule has 0 amide bonds. The fraction of sp³-hybridized carbons (Fsp3) is 0.704. The molecule has 0 N–H and O–H groups in total. The Kier molecular flexibility index (Phi) is 9.09. The molecule has 1 heteroatoms. The van der Waals surface area contributed by atoms with Crippen molar-refractivity contribution in [3.8, 4) is 0 Å². The van der Waals surface area contributed by atoms with Gasteiger partial charge in [-0.2, -0.15) is 0 Å². The second kappa shape index (κ2) is 11.8. The van der Waals surface area contributed by atoms with Crippen LogP contribution in [0.4, 0.5) is 4.39 Å². The van der Waals surface area contributed by atoms with Gasteiger partial charge in [0.05, 0.1) is 6.67 Å². The van der Waals surface area contributed by atoms with Gasteiger partial charge in [-0.3, -0.25) is 4.39 Å². The summed E-state index contributed by atoms with van der Waals surface area (Å²) in [6.45, 7) is 2.06. The first-order chi connectivity index (χ1) is 13.8. The third-order valence-corrected chi connectivity index (χ3v) is 7.49. The van der Waals surface area contributed by atoms with Crippen molar-refractivity contribution in [2.45, 2.75) is 96.3 Å². The van der Waals surface area contributed by atoms with Crippen LogP contribution in [0.15, 0.2) is 36.4 Å². The second-order valence-electron chi connectivity index (χ2n) is 9.43. The van der Waals surface area contributed by atoms with Gasteiger partial charge in [0.1, 0.15) is 0 Å². The summed E-state index contributed by atoms with van der Waals surface area (Å²) in [7, 11) is 0. The molecule has 0 unspecified atom stereocenters.